The summed E-state index contributed by atoms with van der Waals surface area (Å²) < 4.78 is 0. The average Bonchev–Trinajstić information content (AvgIpc) is 3.14. The summed E-state index contributed by atoms with van der Waals surface area (Å²) in [7, 11) is 3.93. The fourth-order valence-corrected chi connectivity index (χ4v) is 6.04. The van der Waals surface area contributed by atoms with Gasteiger partial charge in [0.05, 0.1) is 18.5 Å². The predicted molar refractivity (Wildman–Crippen MR) is 160 cm³/mol. The van der Waals surface area contributed by atoms with E-state index in [9.17, 15) is 14.4 Å². The van der Waals surface area contributed by atoms with E-state index in [0.29, 0.717) is 24.9 Å². The molecule has 2 N–H and O–H groups in total. The molecular weight excluding hydrogens is 500 g/mol. The number of carbonyl (C=O) groups excluding carboxylic acids is 3. The molecule has 2 aliphatic rings. The van der Waals surface area contributed by atoms with Crippen molar-refractivity contribution < 1.29 is 14.4 Å². The van der Waals surface area contributed by atoms with Crippen molar-refractivity contribution in [3.63, 3.8) is 0 Å². The average molecular weight is 547 g/mol. The zero-order valence-corrected chi connectivity index (χ0v) is 24.6. The van der Waals surface area contributed by atoms with Crippen LogP contribution in [0.5, 0.6) is 0 Å². The van der Waals surface area contributed by atoms with Gasteiger partial charge in [-0.1, -0.05) is 51.0 Å². The van der Waals surface area contributed by atoms with E-state index in [1.54, 1.807) is 0 Å². The molecule has 3 atom stereocenters. The monoisotopic (exact) mass is 546 g/mol. The zero-order chi connectivity index (χ0) is 28.6. The molecule has 1 saturated carbocycles. The number of aryl methyl sites for hydroxylation is 1. The van der Waals surface area contributed by atoms with Gasteiger partial charge in [-0.15, -0.1) is 0 Å². The van der Waals surface area contributed by atoms with E-state index in [1.807, 2.05) is 43.3 Å². The number of amides is 2. The third-order valence-electron chi connectivity index (χ3n) is 8.29. The van der Waals surface area contributed by atoms with Crippen LogP contribution in [-0.4, -0.2) is 61.8 Å². The maximum Gasteiger partial charge on any atom is 0.251 e. The fourth-order valence-electron chi connectivity index (χ4n) is 6.04. The lowest BCUT2D eigenvalue weighted by molar-refractivity contribution is -0.132. The minimum absolute atomic E-state index is 0.0683. The lowest BCUT2D eigenvalue weighted by Gasteiger charge is -2.33. The highest BCUT2D eigenvalue weighted by atomic mass is 16.2. The van der Waals surface area contributed by atoms with Crippen LogP contribution in [0.3, 0.4) is 0 Å². The Kier molecular flexibility index (Phi) is 10.4. The number of fused-ring (bicyclic) bond motifs is 1. The molecule has 40 heavy (non-hydrogen) atoms. The van der Waals surface area contributed by atoms with Gasteiger partial charge in [0, 0.05) is 37.9 Å². The Balaban J connectivity index is 1.40. The van der Waals surface area contributed by atoms with Crippen LogP contribution < -0.4 is 15.5 Å². The quantitative estimate of drug-likeness (QED) is 0.456. The molecule has 2 aromatic carbocycles. The highest BCUT2D eigenvalue weighted by molar-refractivity contribution is 5.95. The molecular formula is C33H46N4O3. The van der Waals surface area contributed by atoms with Gasteiger partial charge in [-0.2, -0.15) is 0 Å². The molecule has 0 unspecified atom stereocenters. The Morgan fingerprint density at radius 1 is 0.950 bits per heavy atom. The van der Waals surface area contributed by atoms with Crippen LogP contribution in [-0.2, 0) is 22.6 Å². The summed E-state index contributed by atoms with van der Waals surface area (Å²) in [6.07, 6.45) is 6.04. The minimum atomic E-state index is -0.525. The predicted octanol–water partition coefficient (Wildman–Crippen LogP) is 4.59. The minimum Gasteiger partial charge on any atom is -0.378 e. The largest absolute Gasteiger partial charge is 0.378 e. The molecule has 7 nitrogen and oxygen atoms in total. The first-order valence-electron chi connectivity index (χ1n) is 14.9. The van der Waals surface area contributed by atoms with E-state index >= 15 is 0 Å². The van der Waals surface area contributed by atoms with E-state index in [-0.39, 0.29) is 35.5 Å². The SMILES string of the molecule is CC(C)C[C@H](NC(=O)[C@@H]1CCCC[C@@H]1NC(=O)c1ccc(N(C)C)cc1)C(=O)CN1CCCc2ccccc2C1. The Hall–Kier alpha value is -3.19. The van der Waals surface area contributed by atoms with Gasteiger partial charge in [0.15, 0.2) is 5.78 Å². The normalized spacial score (nSPS) is 20.2. The maximum atomic E-state index is 13.6. The van der Waals surface area contributed by atoms with Gasteiger partial charge in [-0.25, -0.2) is 0 Å². The first-order chi connectivity index (χ1) is 19.2. The smallest absolute Gasteiger partial charge is 0.251 e. The summed E-state index contributed by atoms with van der Waals surface area (Å²) in [5, 5.41) is 6.27. The standard InChI is InChI=1S/C33H46N4O3/c1-23(2)20-30(31(38)22-37-19-9-12-24-10-5-6-11-26(24)21-37)35-33(40)28-13-7-8-14-29(28)34-32(39)25-15-17-27(18-16-25)36(3)4/h5-6,10-11,15-18,23,28-30H,7-9,12-14,19-22H2,1-4H3,(H,34,39)(H,35,40)/t28-,29+,30+/m1/s1. The second kappa shape index (κ2) is 13.9. The second-order valence-corrected chi connectivity index (χ2v) is 12.2. The Morgan fingerprint density at radius 2 is 1.65 bits per heavy atom. The van der Waals surface area contributed by atoms with E-state index < -0.39 is 6.04 Å². The number of benzene rings is 2. The maximum absolute atomic E-state index is 13.6. The first-order valence-corrected chi connectivity index (χ1v) is 14.9. The number of anilines is 1. The molecule has 216 valence electrons. The summed E-state index contributed by atoms with van der Waals surface area (Å²) >= 11 is 0. The number of ketones is 1. The van der Waals surface area contributed by atoms with E-state index in [4.69, 9.17) is 0 Å². The molecule has 2 amide bonds. The summed E-state index contributed by atoms with van der Waals surface area (Å²) in [6.45, 7) is 6.13. The van der Waals surface area contributed by atoms with Crippen LogP contribution in [0.2, 0.25) is 0 Å². The van der Waals surface area contributed by atoms with Crippen LogP contribution in [0.1, 0.15) is 73.9 Å². The van der Waals surface area contributed by atoms with Crippen molar-refractivity contribution in [2.75, 3.05) is 32.1 Å². The molecule has 0 bridgehead atoms. The van der Waals surface area contributed by atoms with Gasteiger partial charge in [-0.05, 0) is 80.0 Å². The number of hydrogen-bond acceptors (Lipinski definition) is 5. The summed E-state index contributed by atoms with van der Waals surface area (Å²) in [6, 6.07) is 15.2. The molecule has 4 rings (SSSR count). The van der Waals surface area contributed by atoms with Crippen LogP contribution in [0.15, 0.2) is 48.5 Å². The third-order valence-corrected chi connectivity index (χ3v) is 8.29. The Bertz CT molecular complexity index is 1160. The summed E-state index contributed by atoms with van der Waals surface area (Å²) in [5.41, 5.74) is 4.26. The van der Waals surface area contributed by atoms with E-state index in [0.717, 1.165) is 50.9 Å². The van der Waals surface area contributed by atoms with Gasteiger partial charge in [0.2, 0.25) is 5.91 Å². The van der Waals surface area contributed by atoms with Crippen LogP contribution in [0.4, 0.5) is 5.69 Å². The van der Waals surface area contributed by atoms with Crippen molar-refractivity contribution in [2.45, 2.75) is 77.4 Å². The molecule has 0 radical (unpaired) electrons. The van der Waals surface area contributed by atoms with Crippen molar-refractivity contribution in [3.05, 3.63) is 65.2 Å². The van der Waals surface area contributed by atoms with Crippen LogP contribution in [0.25, 0.3) is 0 Å². The highest BCUT2D eigenvalue weighted by Crippen LogP contribution is 2.26. The van der Waals surface area contributed by atoms with Crippen molar-refractivity contribution in [2.24, 2.45) is 11.8 Å². The van der Waals surface area contributed by atoms with Crippen molar-refractivity contribution in [1.82, 2.24) is 15.5 Å². The van der Waals surface area contributed by atoms with Crippen LogP contribution >= 0.6 is 0 Å². The number of nitrogens with one attached hydrogen (secondary N) is 2. The number of Topliss-reactive ketones (excluding diaryl/α,β-unsaturated/α-hetero) is 1. The molecule has 2 aromatic rings. The molecule has 1 heterocycles. The fraction of sp³-hybridized carbons (Fsp3) is 0.545. The van der Waals surface area contributed by atoms with E-state index in [2.05, 4.69) is 53.6 Å². The summed E-state index contributed by atoms with van der Waals surface area (Å²) in [5.74, 6) is -0.282. The molecule has 1 aliphatic heterocycles. The van der Waals surface area contributed by atoms with Gasteiger partial charge in [-0.3, -0.25) is 19.3 Å². The molecule has 1 aliphatic carbocycles. The van der Waals surface area contributed by atoms with Gasteiger partial charge >= 0.3 is 0 Å². The molecule has 0 saturated heterocycles. The lowest BCUT2D eigenvalue weighted by Crippen LogP contribution is -2.53. The molecule has 1 fully saturated rings. The molecule has 0 aromatic heterocycles. The third kappa shape index (κ3) is 7.94. The topological polar surface area (TPSA) is 81.8 Å². The number of carbonyl (C=O) groups is 3. The van der Waals surface area contributed by atoms with Crippen molar-refractivity contribution in [1.29, 1.82) is 0 Å². The van der Waals surface area contributed by atoms with Crippen molar-refractivity contribution >= 4 is 23.3 Å². The van der Waals surface area contributed by atoms with Gasteiger partial charge < -0.3 is 15.5 Å². The lowest BCUT2D eigenvalue weighted by atomic mass is 9.83. The number of hydrogen-bond donors (Lipinski definition) is 2. The molecule has 7 heteroatoms. The van der Waals surface area contributed by atoms with Crippen LogP contribution in [0, 0.1) is 11.8 Å². The van der Waals surface area contributed by atoms with Gasteiger partial charge in [0.1, 0.15) is 0 Å². The Morgan fingerprint density at radius 3 is 2.35 bits per heavy atom. The van der Waals surface area contributed by atoms with Gasteiger partial charge in [0.25, 0.3) is 5.91 Å². The summed E-state index contributed by atoms with van der Waals surface area (Å²) in [4.78, 5) is 44.5. The second-order valence-electron chi connectivity index (χ2n) is 12.2. The Labute approximate surface area is 239 Å². The van der Waals surface area contributed by atoms with E-state index in [1.165, 1.54) is 11.1 Å². The molecule has 0 spiro atoms. The highest BCUT2D eigenvalue weighted by Gasteiger charge is 2.35. The number of rotatable bonds is 10. The number of nitrogens with zero attached hydrogens (tertiary/aromatic N) is 2. The van der Waals surface area contributed by atoms with Crippen molar-refractivity contribution in [3.8, 4) is 0 Å². The first kappa shape index (κ1) is 29.8. The zero-order valence-electron chi connectivity index (χ0n) is 24.6.